The van der Waals surface area contributed by atoms with Crippen LogP contribution in [0.3, 0.4) is 0 Å². The number of hydrogen-bond acceptors (Lipinski definition) is 4. The number of rotatable bonds is 2. The Morgan fingerprint density at radius 1 is 1.00 bits per heavy atom. The lowest BCUT2D eigenvalue weighted by molar-refractivity contribution is -0.115. The molecule has 2 aromatic carbocycles. The molecule has 23 heavy (non-hydrogen) atoms. The van der Waals surface area contributed by atoms with E-state index < -0.39 is 5.63 Å². The molecular weight excluding hydrogens is 310 g/mol. The lowest BCUT2D eigenvalue weighted by Crippen LogP contribution is -2.28. The topological polar surface area (TPSA) is 50.5 Å². The summed E-state index contributed by atoms with van der Waals surface area (Å²) in [6, 6.07) is 18.5. The van der Waals surface area contributed by atoms with E-state index in [1.165, 1.54) is 17.8 Å². The highest BCUT2D eigenvalue weighted by Crippen LogP contribution is 2.43. The van der Waals surface area contributed by atoms with E-state index in [1.807, 2.05) is 48.5 Å². The van der Waals surface area contributed by atoms with Gasteiger partial charge in [-0.05, 0) is 18.2 Å². The highest BCUT2D eigenvalue weighted by atomic mass is 32.2. The van der Waals surface area contributed by atoms with Crippen LogP contribution in [0.25, 0.3) is 11.0 Å². The van der Waals surface area contributed by atoms with Gasteiger partial charge in [0.05, 0.1) is 5.75 Å². The SMILES string of the molecule is O=C1CSC(c2cc(=O)oc3ccccc23)N1c1ccccc1. The summed E-state index contributed by atoms with van der Waals surface area (Å²) in [5.41, 5.74) is 1.80. The largest absolute Gasteiger partial charge is 0.423 e. The van der Waals surface area contributed by atoms with E-state index in [0.29, 0.717) is 11.3 Å². The van der Waals surface area contributed by atoms with Crippen molar-refractivity contribution in [2.45, 2.75) is 5.37 Å². The van der Waals surface area contributed by atoms with E-state index in [1.54, 1.807) is 11.0 Å². The second-order valence-electron chi connectivity index (χ2n) is 5.28. The molecule has 114 valence electrons. The van der Waals surface area contributed by atoms with Crippen LogP contribution in [-0.4, -0.2) is 11.7 Å². The van der Waals surface area contributed by atoms with Gasteiger partial charge >= 0.3 is 5.63 Å². The Balaban J connectivity index is 1.90. The molecule has 1 aromatic heterocycles. The van der Waals surface area contributed by atoms with Crippen LogP contribution in [-0.2, 0) is 4.79 Å². The number of carbonyl (C=O) groups excluding carboxylic acids is 1. The number of benzene rings is 2. The van der Waals surface area contributed by atoms with Crippen molar-refractivity contribution in [1.29, 1.82) is 0 Å². The Morgan fingerprint density at radius 3 is 2.57 bits per heavy atom. The molecule has 4 nitrogen and oxygen atoms in total. The molecule has 1 fully saturated rings. The van der Waals surface area contributed by atoms with E-state index in [9.17, 15) is 9.59 Å². The average Bonchev–Trinajstić information content (AvgIpc) is 2.96. The van der Waals surface area contributed by atoms with Crippen LogP contribution in [0.1, 0.15) is 10.9 Å². The fraction of sp³-hybridized carbons (Fsp3) is 0.111. The fourth-order valence-electron chi connectivity index (χ4n) is 2.86. The molecule has 0 radical (unpaired) electrons. The first-order chi connectivity index (χ1) is 11.2. The van der Waals surface area contributed by atoms with Gasteiger partial charge in [-0.15, -0.1) is 11.8 Å². The lowest BCUT2D eigenvalue weighted by atomic mass is 10.1. The summed E-state index contributed by atoms with van der Waals surface area (Å²) in [5.74, 6) is 0.442. The zero-order valence-corrected chi connectivity index (χ0v) is 13.0. The quantitative estimate of drug-likeness (QED) is 0.677. The Hall–Kier alpha value is -2.53. The number of nitrogens with zero attached hydrogens (tertiary/aromatic N) is 1. The molecular formula is C18H13NO3S. The van der Waals surface area contributed by atoms with Gasteiger partial charge in [0.25, 0.3) is 0 Å². The summed E-state index contributed by atoms with van der Waals surface area (Å²) in [5, 5.41) is 0.638. The van der Waals surface area contributed by atoms with Gasteiger partial charge in [-0.25, -0.2) is 4.79 Å². The van der Waals surface area contributed by atoms with Crippen LogP contribution in [0.5, 0.6) is 0 Å². The Labute approximate surface area is 136 Å². The van der Waals surface area contributed by atoms with Crippen molar-refractivity contribution in [3.8, 4) is 0 Å². The first-order valence-electron chi connectivity index (χ1n) is 7.25. The summed E-state index contributed by atoms with van der Waals surface area (Å²) < 4.78 is 5.26. The van der Waals surface area contributed by atoms with E-state index >= 15 is 0 Å². The summed E-state index contributed by atoms with van der Waals surface area (Å²) in [6.07, 6.45) is 0. The molecule has 1 unspecified atom stereocenters. The number of fused-ring (bicyclic) bond motifs is 1. The van der Waals surface area contributed by atoms with E-state index in [2.05, 4.69) is 0 Å². The molecule has 0 N–H and O–H groups in total. The third kappa shape index (κ3) is 2.43. The second-order valence-corrected chi connectivity index (χ2v) is 6.35. The van der Waals surface area contributed by atoms with Gasteiger partial charge in [-0.3, -0.25) is 9.69 Å². The van der Waals surface area contributed by atoms with Crippen LogP contribution in [0.2, 0.25) is 0 Å². The van der Waals surface area contributed by atoms with Crippen molar-refractivity contribution in [1.82, 2.24) is 0 Å². The molecule has 3 aromatic rings. The van der Waals surface area contributed by atoms with Crippen LogP contribution >= 0.6 is 11.8 Å². The molecule has 0 saturated carbocycles. The average molecular weight is 323 g/mol. The van der Waals surface area contributed by atoms with Crippen molar-refractivity contribution in [2.75, 3.05) is 10.7 Å². The maximum absolute atomic E-state index is 12.4. The van der Waals surface area contributed by atoms with Crippen LogP contribution in [0, 0.1) is 0 Å². The van der Waals surface area contributed by atoms with Crippen molar-refractivity contribution < 1.29 is 9.21 Å². The van der Waals surface area contributed by atoms with Gasteiger partial charge in [0.1, 0.15) is 11.0 Å². The molecule has 0 aliphatic carbocycles. The second kappa shape index (κ2) is 5.59. The third-order valence-electron chi connectivity index (χ3n) is 3.85. The van der Waals surface area contributed by atoms with Crippen molar-refractivity contribution >= 4 is 34.3 Å². The smallest absolute Gasteiger partial charge is 0.336 e. The summed E-state index contributed by atoms with van der Waals surface area (Å²) in [6.45, 7) is 0. The molecule has 4 rings (SSSR count). The predicted octanol–water partition coefficient (Wildman–Crippen LogP) is 3.57. The molecule has 0 spiro atoms. The van der Waals surface area contributed by atoms with E-state index in [-0.39, 0.29) is 11.3 Å². The van der Waals surface area contributed by atoms with Gasteiger partial charge < -0.3 is 4.42 Å². The highest BCUT2D eigenvalue weighted by molar-refractivity contribution is 8.00. The number of amides is 1. The minimum atomic E-state index is -0.397. The predicted molar refractivity (Wildman–Crippen MR) is 91.6 cm³/mol. The van der Waals surface area contributed by atoms with Crippen molar-refractivity contribution in [2.24, 2.45) is 0 Å². The van der Waals surface area contributed by atoms with Crippen LogP contribution in [0.4, 0.5) is 5.69 Å². The molecule has 5 heteroatoms. The van der Waals surface area contributed by atoms with Gasteiger partial charge in [-0.2, -0.15) is 0 Å². The molecule has 2 heterocycles. The van der Waals surface area contributed by atoms with Crippen LogP contribution in [0.15, 0.2) is 69.9 Å². The number of para-hydroxylation sites is 2. The summed E-state index contributed by atoms with van der Waals surface area (Å²) >= 11 is 1.53. The number of anilines is 1. The third-order valence-corrected chi connectivity index (χ3v) is 5.04. The fourth-order valence-corrected chi connectivity index (χ4v) is 4.07. The monoisotopic (exact) mass is 323 g/mol. The maximum Gasteiger partial charge on any atom is 0.336 e. The molecule has 1 atom stereocenters. The lowest BCUT2D eigenvalue weighted by Gasteiger charge is -2.24. The number of thioether (sulfide) groups is 1. The summed E-state index contributed by atoms with van der Waals surface area (Å²) in [4.78, 5) is 26.0. The van der Waals surface area contributed by atoms with E-state index in [4.69, 9.17) is 4.42 Å². The van der Waals surface area contributed by atoms with Gasteiger partial charge in [0.15, 0.2) is 0 Å². The minimum absolute atomic E-state index is 0.0449. The first kappa shape index (κ1) is 14.1. The van der Waals surface area contributed by atoms with Gasteiger partial charge in [0.2, 0.25) is 5.91 Å². The van der Waals surface area contributed by atoms with Crippen molar-refractivity contribution in [3.63, 3.8) is 0 Å². The van der Waals surface area contributed by atoms with E-state index in [0.717, 1.165) is 16.6 Å². The normalized spacial score (nSPS) is 17.8. The zero-order valence-electron chi connectivity index (χ0n) is 12.1. The Morgan fingerprint density at radius 2 is 1.74 bits per heavy atom. The number of hydrogen-bond donors (Lipinski definition) is 0. The molecule has 0 bridgehead atoms. The first-order valence-corrected chi connectivity index (χ1v) is 8.30. The Kier molecular flexibility index (Phi) is 3.42. The molecule has 1 aliphatic rings. The maximum atomic E-state index is 12.4. The molecule has 1 amide bonds. The van der Waals surface area contributed by atoms with Gasteiger partial charge in [-0.1, -0.05) is 36.4 Å². The van der Waals surface area contributed by atoms with Crippen molar-refractivity contribution in [3.05, 3.63) is 76.6 Å². The highest BCUT2D eigenvalue weighted by Gasteiger charge is 2.35. The minimum Gasteiger partial charge on any atom is -0.423 e. The molecule has 1 aliphatic heterocycles. The molecule has 1 saturated heterocycles. The Bertz CT molecular complexity index is 936. The van der Waals surface area contributed by atoms with Gasteiger partial charge in [0, 0.05) is 22.7 Å². The zero-order chi connectivity index (χ0) is 15.8. The summed E-state index contributed by atoms with van der Waals surface area (Å²) in [7, 11) is 0. The number of carbonyl (C=O) groups is 1. The standard InChI is InChI=1S/C18H13NO3S/c20-16-11-23-18(19(16)12-6-2-1-3-7-12)14-10-17(21)22-15-9-5-4-8-13(14)15/h1-10,18H,11H2. The van der Waals surface area contributed by atoms with Crippen LogP contribution < -0.4 is 10.5 Å².